The van der Waals surface area contributed by atoms with E-state index in [1.165, 1.54) is 0 Å². The maximum absolute atomic E-state index is 12.3. The van der Waals surface area contributed by atoms with Crippen LogP contribution in [0.25, 0.3) is 0 Å². The molecule has 1 aromatic rings. The van der Waals surface area contributed by atoms with Gasteiger partial charge in [-0.3, -0.25) is 4.79 Å². The largest absolute Gasteiger partial charge is 0.508 e. The van der Waals surface area contributed by atoms with Crippen LogP contribution in [0, 0.1) is 5.92 Å². The Labute approximate surface area is 119 Å². The molecule has 20 heavy (non-hydrogen) atoms. The van der Waals surface area contributed by atoms with Crippen LogP contribution < -0.4 is 5.32 Å². The highest BCUT2D eigenvalue weighted by molar-refractivity contribution is 5.79. The molecule has 1 unspecified atom stereocenters. The van der Waals surface area contributed by atoms with Crippen LogP contribution in [0.4, 0.5) is 0 Å². The summed E-state index contributed by atoms with van der Waals surface area (Å²) in [6.07, 6.45) is 4.47. The Bertz CT molecular complexity index is 494. The van der Waals surface area contributed by atoms with Gasteiger partial charge in [-0.25, -0.2) is 0 Å². The smallest absolute Gasteiger partial charge is 0.223 e. The molecular formula is C16H21NO3. The first-order chi connectivity index (χ1) is 9.75. The van der Waals surface area contributed by atoms with Crippen molar-refractivity contribution in [2.45, 2.75) is 38.1 Å². The molecule has 0 aromatic heterocycles. The second-order valence-corrected chi connectivity index (χ2v) is 5.68. The fourth-order valence-corrected chi connectivity index (χ4v) is 3.23. The number of rotatable bonds is 2. The second-order valence-electron chi connectivity index (χ2n) is 5.68. The summed E-state index contributed by atoms with van der Waals surface area (Å²) in [5.74, 6) is 0.563. The number of ether oxygens (including phenoxy) is 1. The van der Waals surface area contributed by atoms with E-state index in [9.17, 15) is 9.90 Å². The van der Waals surface area contributed by atoms with Crippen LogP contribution >= 0.6 is 0 Å². The van der Waals surface area contributed by atoms with Gasteiger partial charge in [0.05, 0.1) is 6.04 Å². The van der Waals surface area contributed by atoms with Gasteiger partial charge in [-0.15, -0.1) is 0 Å². The molecule has 0 radical (unpaired) electrons. The number of hydrogen-bond acceptors (Lipinski definition) is 3. The van der Waals surface area contributed by atoms with Crippen molar-refractivity contribution >= 4 is 5.91 Å². The molecule has 1 aliphatic carbocycles. The summed E-state index contributed by atoms with van der Waals surface area (Å²) in [7, 11) is 0. The molecule has 0 spiro atoms. The third-order valence-electron chi connectivity index (χ3n) is 4.39. The highest BCUT2D eigenvalue weighted by atomic mass is 16.5. The predicted octanol–water partition coefficient (Wildman–Crippen LogP) is 2.31. The minimum absolute atomic E-state index is 0.0428. The molecule has 1 amide bonds. The van der Waals surface area contributed by atoms with Crippen molar-refractivity contribution in [3.8, 4) is 5.75 Å². The minimum atomic E-state index is 0.0428. The molecule has 0 saturated carbocycles. The molecule has 1 heterocycles. The van der Waals surface area contributed by atoms with Gasteiger partial charge >= 0.3 is 0 Å². The van der Waals surface area contributed by atoms with Crippen LogP contribution in [0.1, 0.15) is 42.9 Å². The topological polar surface area (TPSA) is 58.6 Å². The number of phenolic OH excluding ortho intramolecular Hbond substituents is 1. The molecule has 1 aliphatic heterocycles. The van der Waals surface area contributed by atoms with E-state index in [-0.39, 0.29) is 17.9 Å². The van der Waals surface area contributed by atoms with Gasteiger partial charge in [-0.1, -0.05) is 12.1 Å². The Kier molecular flexibility index (Phi) is 3.92. The number of hydrogen-bond donors (Lipinski definition) is 2. The van der Waals surface area contributed by atoms with E-state index in [4.69, 9.17) is 4.74 Å². The van der Waals surface area contributed by atoms with E-state index in [2.05, 4.69) is 5.32 Å². The first kappa shape index (κ1) is 13.4. The van der Waals surface area contributed by atoms with Crippen molar-refractivity contribution in [2.24, 2.45) is 5.92 Å². The van der Waals surface area contributed by atoms with Crippen molar-refractivity contribution in [1.82, 2.24) is 5.32 Å². The lowest BCUT2D eigenvalue weighted by Crippen LogP contribution is -2.37. The highest BCUT2D eigenvalue weighted by Crippen LogP contribution is 2.35. The Morgan fingerprint density at radius 1 is 1.25 bits per heavy atom. The first-order valence-electron chi connectivity index (χ1n) is 7.44. The third kappa shape index (κ3) is 2.66. The van der Waals surface area contributed by atoms with Crippen LogP contribution in [0.2, 0.25) is 0 Å². The molecule has 1 atom stereocenters. The van der Waals surface area contributed by atoms with E-state index in [0.717, 1.165) is 43.2 Å². The van der Waals surface area contributed by atoms with E-state index in [1.807, 2.05) is 12.1 Å². The van der Waals surface area contributed by atoms with Gasteiger partial charge in [0.15, 0.2) is 0 Å². The minimum Gasteiger partial charge on any atom is -0.508 e. The Balaban J connectivity index is 1.73. The Morgan fingerprint density at radius 2 is 2.05 bits per heavy atom. The van der Waals surface area contributed by atoms with Gasteiger partial charge in [-0.2, -0.15) is 0 Å². The molecule has 1 saturated heterocycles. The van der Waals surface area contributed by atoms with Gasteiger partial charge in [0, 0.05) is 19.1 Å². The zero-order valence-corrected chi connectivity index (χ0v) is 11.6. The molecule has 4 nitrogen and oxygen atoms in total. The van der Waals surface area contributed by atoms with Gasteiger partial charge in [0.2, 0.25) is 5.91 Å². The van der Waals surface area contributed by atoms with Crippen molar-refractivity contribution in [1.29, 1.82) is 0 Å². The lowest BCUT2D eigenvalue weighted by molar-refractivity contribution is -0.128. The molecule has 4 heteroatoms. The van der Waals surface area contributed by atoms with Crippen LogP contribution in [0.3, 0.4) is 0 Å². The van der Waals surface area contributed by atoms with Crippen LogP contribution in [-0.4, -0.2) is 24.2 Å². The van der Waals surface area contributed by atoms with Crippen molar-refractivity contribution in [3.63, 3.8) is 0 Å². The van der Waals surface area contributed by atoms with E-state index >= 15 is 0 Å². The highest BCUT2D eigenvalue weighted by Gasteiger charge is 2.27. The Hall–Kier alpha value is -1.55. The number of aromatic hydroxyl groups is 1. The number of nitrogens with one attached hydrogen (secondary N) is 1. The lowest BCUT2D eigenvalue weighted by Gasteiger charge is -2.29. The number of amides is 1. The molecule has 108 valence electrons. The van der Waals surface area contributed by atoms with Gasteiger partial charge in [0.25, 0.3) is 0 Å². The quantitative estimate of drug-likeness (QED) is 0.870. The summed E-state index contributed by atoms with van der Waals surface area (Å²) >= 11 is 0. The fraction of sp³-hybridized carbons (Fsp3) is 0.562. The summed E-state index contributed by atoms with van der Waals surface area (Å²) in [6, 6.07) is 5.64. The summed E-state index contributed by atoms with van der Waals surface area (Å²) in [5.41, 5.74) is 2.08. The van der Waals surface area contributed by atoms with E-state index < -0.39 is 0 Å². The molecular weight excluding hydrogens is 254 g/mol. The SMILES string of the molecule is O=C(NC1CCCc2c(O)cccc21)C1CCOCC1. The summed E-state index contributed by atoms with van der Waals surface area (Å²) in [5, 5.41) is 13.1. The zero-order chi connectivity index (χ0) is 13.9. The normalized spacial score (nSPS) is 23.1. The van der Waals surface area contributed by atoms with Gasteiger partial charge in [0.1, 0.15) is 5.75 Å². The molecule has 2 N–H and O–H groups in total. The standard InChI is InChI=1S/C16H21NO3/c18-15-6-2-3-12-13(15)4-1-5-14(12)17-16(19)11-7-9-20-10-8-11/h2-3,6,11,14,18H,1,4-5,7-10H2,(H,17,19). The second kappa shape index (κ2) is 5.83. The predicted molar refractivity (Wildman–Crippen MR) is 75.5 cm³/mol. The zero-order valence-electron chi connectivity index (χ0n) is 11.6. The number of phenols is 1. The Morgan fingerprint density at radius 3 is 2.85 bits per heavy atom. The maximum Gasteiger partial charge on any atom is 0.223 e. The van der Waals surface area contributed by atoms with Crippen LogP contribution in [0.5, 0.6) is 5.75 Å². The molecule has 1 fully saturated rings. The average Bonchev–Trinajstić information content (AvgIpc) is 2.49. The molecule has 1 aromatic carbocycles. The number of benzene rings is 1. The van der Waals surface area contributed by atoms with Crippen LogP contribution in [-0.2, 0) is 16.0 Å². The summed E-state index contributed by atoms with van der Waals surface area (Å²) in [6.45, 7) is 1.36. The van der Waals surface area contributed by atoms with Crippen molar-refractivity contribution < 1.29 is 14.6 Å². The summed E-state index contributed by atoms with van der Waals surface area (Å²) in [4.78, 5) is 12.3. The van der Waals surface area contributed by atoms with Crippen molar-refractivity contribution in [3.05, 3.63) is 29.3 Å². The molecule has 0 bridgehead atoms. The fourth-order valence-electron chi connectivity index (χ4n) is 3.23. The third-order valence-corrected chi connectivity index (χ3v) is 4.39. The first-order valence-corrected chi connectivity index (χ1v) is 7.44. The number of carbonyl (C=O) groups excluding carboxylic acids is 1. The number of fused-ring (bicyclic) bond motifs is 1. The van der Waals surface area contributed by atoms with E-state index in [1.54, 1.807) is 6.07 Å². The maximum atomic E-state index is 12.3. The van der Waals surface area contributed by atoms with Crippen molar-refractivity contribution in [2.75, 3.05) is 13.2 Å². The van der Waals surface area contributed by atoms with Gasteiger partial charge < -0.3 is 15.2 Å². The lowest BCUT2D eigenvalue weighted by atomic mass is 9.86. The average molecular weight is 275 g/mol. The van der Waals surface area contributed by atoms with Gasteiger partial charge in [-0.05, 0) is 49.3 Å². The van der Waals surface area contributed by atoms with E-state index in [0.29, 0.717) is 19.0 Å². The monoisotopic (exact) mass is 275 g/mol. The van der Waals surface area contributed by atoms with Crippen LogP contribution in [0.15, 0.2) is 18.2 Å². The summed E-state index contributed by atoms with van der Waals surface area (Å²) < 4.78 is 5.30. The number of carbonyl (C=O) groups is 1. The molecule has 2 aliphatic rings. The molecule has 3 rings (SSSR count).